The number of aromatic nitrogens is 3. The Bertz CT molecular complexity index is 1190. The van der Waals surface area contributed by atoms with Gasteiger partial charge >= 0.3 is 12.4 Å². The third-order valence-corrected chi connectivity index (χ3v) is 4.34. The van der Waals surface area contributed by atoms with Gasteiger partial charge in [0.1, 0.15) is 11.5 Å². The Balaban J connectivity index is 1.68. The van der Waals surface area contributed by atoms with Crippen LogP contribution < -0.4 is 5.32 Å². The summed E-state index contributed by atoms with van der Waals surface area (Å²) in [6.45, 7) is 0. The lowest BCUT2D eigenvalue weighted by molar-refractivity contribution is -0.143. The number of nitrogens with one attached hydrogen (secondary N) is 1. The molecule has 0 atom stereocenters. The van der Waals surface area contributed by atoms with Crippen molar-refractivity contribution in [1.29, 1.82) is 0 Å². The van der Waals surface area contributed by atoms with Gasteiger partial charge in [0.25, 0.3) is 0 Å². The molecule has 4 aromatic rings. The first-order chi connectivity index (χ1) is 14.1. The minimum absolute atomic E-state index is 0.00775. The van der Waals surface area contributed by atoms with E-state index in [4.69, 9.17) is 0 Å². The zero-order valence-electron chi connectivity index (χ0n) is 15.0. The molecule has 0 aliphatic heterocycles. The van der Waals surface area contributed by atoms with Crippen LogP contribution in [0.2, 0.25) is 0 Å². The summed E-state index contributed by atoms with van der Waals surface area (Å²) in [5, 5.41) is 7.95. The lowest BCUT2D eigenvalue weighted by Crippen LogP contribution is -2.13. The number of hydrogen-bond acceptors (Lipinski definition) is 3. The molecule has 2 heterocycles. The maximum Gasteiger partial charge on any atom is 0.435 e. The first-order valence-electron chi connectivity index (χ1n) is 8.58. The highest BCUT2D eigenvalue weighted by Crippen LogP contribution is 2.36. The van der Waals surface area contributed by atoms with E-state index >= 15 is 0 Å². The van der Waals surface area contributed by atoms with E-state index in [2.05, 4.69) is 15.4 Å². The second-order valence-electron chi connectivity index (χ2n) is 6.37. The normalized spacial score (nSPS) is 12.3. The van der Waals surface area contributed by atoms with Crippen molar-refractivity contribution >= 4 is 22.3 Å². The second-order valence-corrected chi connectivity index (χ2v) is 6.37. The van der Waals surface area contributed by atoms with E-state index in [1.807, 2.05) is 30.3 Å². The first kappa shape index (κ1) is 19.7. The highest BCUT2D eigenvalue weighted by Gasteiger charge is 2.42. The Morgan fingerprint density at radius 3 is 2.17 bits per heavy atom. The van der Waals surface area contributed by atoms with Crippen LogP contribution in [-0.2, 0) is 12.4 Å². The monoisotopic (exact) mass is 422 g/mol. The molecular formula is C20H12F6N4. The SMILES string of the molecule is FC(F)(F)c1cc(C(F)(F)F)n(-c2ccc(Nc3nccc4ccccc34)cc2)n1. The predicted octanol–water partition coefficient (Wildman–Crippen LogP) is 6.20. The van der Waals surface area contributed by atoms with E-state index in [-0.39, 0.29) is 16.4 Å². The molecule has 1 N–H and O–H groups in total. The number of alkyl halides is 6. The van der Waals surface area contributed by atoms with Gasteiger partial charge < -0.3 is 5.32 Å². The highest BCUT2D eigenvalue weighted by molar-refractivity contribution is 5.93. The minimum atomic E-state index is -5.00. The maximum absolute atomic E-state index is 13.2. The van der Waals surface area contributed by atoms with Gasteiger partial charge in [0.2, 0.25) is 0 Å². The van der Waals surface area contributed by atoms with Gasteiger partial charge in [-0.3, -0.25) is 0 Å². The van der Waals surface area contributed by atoms with E-state index in [9.17, 15) is 26.3 Å². The highest BCUT2D eigenvalue weighted by atomic mass is 19.4. The number of fused-ring (bicyclic) bond motifs is 1. The summed E-state index contributed by atoms with van der Waals surface area (Å²) >= 11 is 0. The quantitative estimate of drug-likeness (QED) is 0.400. The molecule has 0 aliphatic rings. The molecule has 0 spiro atoms. The van der Waals surface area contributed by atoms with Crippen molar-refractivity contribution in [1.82, 2.24) is 14.8 Å². The average molecular weight is 422 g/mol. The summed E-state index contributed by atoms with van der Waals surface area (Å²) in [5.74, 6) is 0.537. The molecule has 0 amide bonds. The topological polar surface area (TPSA) is 42.7 Å². The lowest BCUT2D eigenvalue weighted by Gasteiger charge is -2.12. The Morgan fingerprint density at radius 2 is 1.50 bits per heavy atom. The first-order valence-corrected chi connectivity index (χ1v) is 8.58. The van der Waals surface area contributed by atoms with Crippen LogP contribution in [0.25, 0.3) is 16.5 Å². The Morgan fingerprint density at radius 1 is 0.800 bits per heavy atom. The predicted molar refractivity (Wildman–Crippen MR) is 98.6 cm³/mol. The third kappa shape index (κ3) is 3.80. The summed E-state index contributed by atoms with van der Waals surface area (Å²) < 4.78 is 78.4. The van der Waals surface area contributed by atoms with Crippen molar-refractivity contribution in [3.63, 3.8) is 0 Å². The van der Waals surface area contributed by atoms with Crippen molar-refractivity contribution < 1.29 is 26.3 Å². The van der Waals surface area contributed by atoms with Crippen LogP contribution >= 0.6 is 0 Å². The second kappa shape index (κ2) is 7.05. The van der Waals surface area contributed by atoms with Gasteiger partial charge in [-0.1, -0.05) is 24.3 Å². The van der Waals surface area contributed by atoms with Crippen molar-refractivity contribution in [2.24, 2.45) is 0 Å². The van der Waals surface area contributed by atoms with Crippen LogP contribution in [0.15, 0.2) is 66.9 Å². The van der Waals surface area contributed by atoms with Gasteiger partial charge in [-0.2, -0.15) is 31.4 Å². The van der Waals surface area contributed by atoms with Gasteiger partial charge in [0, 0.05) is 23.3 Å². The summed E-state index contributed by atoms with van der Waals surface area (Å²) in [5.41, 5.74) is -2.78. The molecule has 10 heteroatoms. The molecule has 0 saturated carbocycles. The van der Waals surface area contributed by atoms with Crippen LogP contribution in [0.4, 0.5) is 37.8 Å². The minimum Gasteiger partial charge on any atom is -0.340 e. The fourth-order valence-corrected chi connectivity index (χ4v) is 2.96. The fourth-order valence-electron chi connectivity index (χ4n) is 2.96. The molecule has 0 aliphatic carbocycles. The molecule has 2 aromatic heterocycles. The third-order valence-electron chi connectivity index (χ3n) is 4.34. The molecule has 154 valence electrons. The van der Waals surface area contributed by atoms with E-state index < -0.39 is 23.7 Å². The van der Waals surface area contributed by atoms with E-state index in [0.717, 1.165) is 10.8 Å². The Labute approximate surface area is 165 Å². The lowest BCUT2D eigenvalue weighted by atomic mass is 10.1. The van der Waals surface area contributed by atoms with Crippen LogP contribution in [0.1, 0.15) is 11.4 Å². The van der Waals surface area contributed by atoms with Crippen molar-refractivity contribution in [2.45, 2.75) is 12.4 Å². The van der Waals surface area contributed by atoms with Gasteiger partial charge in [-0.05, 0) is 35.7 Å². The molecule has 2 aromatic carbocycles. The van der Waals surface area contributed by atoms with Gasteiger partial charge in [0.15, 0.2) is 5.69 Å². The molecule has 4 nitrogen and oxygen atoms in total. The Kier molecular flexibility index (Phi) is 4.64. The molecule has 30 heavy (non-hydrogen) atoms. The molecule has 0 radical (unpaired) electrons. The molecular weight excluding hydrogens is 410 g/mol. The molecule has 4 rings (SSSR count). The maximum atomic E-state index is 13.2. The van der Waals surface area contributed by atoms with E-state index in [0.29, 0.717) is 11.5 Å². The number of pyridine rings is 1. The van der Waals surface area contributed by atoms with Crippen LogP contribution in [0, 0.1) is 0 Å². The van der Waals surface area contributed by atoms with E-state index in [1.54, 1.807) is 6.20 Å². The van der Waals surface area contributed by atoms with Crippen molar-refractivity contribution in [3.05, 3.63) is 78.2 Å². The van der Waals surface area contributed by atoms with Crippen LogP contribution in [-0.4, -0.2) is 14.8 Å². The van der Waals surface area contributed by atoms with Gasteiger partial charge in [0.05, 0.1) is 5.69 Å². The number of rotatable bonds is 3. The fraction of sp³-hybridized carbons (Fsp3) is 0.100. The molecule has 0 fully saturated rings. The summed E-state index contributed by atoms with van der Waals surface area (Å²) in [6, 6.07) is 14.7. The summed E-state index contributed by atoms with van der Waals surface area (Å²) in [6.07, 6.45) is -8.38. The average Bonchev–Trinajstić information content (AvgIpc) is 3.15. The summed E-state index contributed by atoms with van der Waals surface area (Å²) in [4.78, 5) is 4.26. The van der Waals surface area contributed by atoms with E-state index in [1.165, 1.54) is 24.3 Å². The zero-order chi connectivity index (χ0) is 21.5. The number of hydrogen-bond donors (Lipinski definition) is 1. The molecule has 0 unspecified atom stereocenters. The number of halogens is 6. The van der Waals surface area contributed by atoms with Gasteiger partial charge in [-0.15, -0.1) is 0 Å². The molecule has 0 bridgehead atoms. The Hall–Kier alpha value is -3.56. The smallest absolute Gasteiger partial charge is 0.340 e. The number of nitrogens with zero attached hydrogens (tertiary/aromatic N) is 3. The van der Waals surface area contributed by atoms with Crippen LogP contribution in [0.3, 0.4) is 0 Å². The molecule has 0 saturated heterocycles. The largest absolute Gasteiger partial charge is 0.435 e. The summed E-state index contributed by atoms with van der Waals surface area (Å²) in [7, 11) is 0. The van der Waals surface area contributed by atoms with Crippen molar-refractivity contribution in [3.8, 4) is 5.69 Å². The van der Waals surface area contributed by atoms with Crippen molar-refractivity contribution in [2.75, 3.05) is 5.32 Å². The number of benzene rings is 2. The van der Waals surface area contributed by atoms with Gasteiger partial charge in [-0.25, -0.2) is 9.67 Å². The number of anilines is 2. The standard InChI is InChI=1S/C20H12F6N4/c21-19(22,23)16-11-17(20(24,25)26)30(29-16)14-7-5-13(6-8-14)28-18-15-4-2-1-3-12(15)9-10-27-18/h1-11H,(H,27,28). The van der Waals surface area contributed by atoms with Crippen LogP contribution in [0.5, 0.6) is 0 Å². The zero-order valence-corrected chi connectivity index (χ0v) is 15.0.